The Hall–Kier alpha value is -2.45. The molecule has 1 aromatic carbocycles. The second-order valence-electron chi connectivity index (χ2n) is 7.66. The smallest absolute Gasteiger partial charge is 0.341 e. The molecular formula is C19H22F3N5O. The van der Waals surface area contributed by atoms with Crippen LogP contribution in [0.25, 0.3) is 11.4 Å². The first kappa shape index (κ1) is 18.9. The van der Waals surface area contributed by atoms with E-state index >= 15 is 0 Å². The van der Waals surface area contributed by atoms with Gasteiger partial charge in [0.1, 0.15) is 6.54 Å². The van der Waals surface area contributed by atoms with Gasteiger partial charge in [-0.1, -0.05) is 31.4 Å². The Morgan fingerprint density at radius 2 is 1.93 bits per heavy atom. The van der Waals surface area contributed by atoms with E-state index in [1.165, 1.54) is 37.8 Å². The molecule has 1 amide bonds. The van der Waals surface area contributed by atoms with Gasteiger partial charge in [-0.05, 0) is 42.0 Å². The van der Waals surface area contributed by atoms with Crippen molar-refractivity contribution in [1.29, 1.82) is 0 Å². The molecule has 2 fully saturated rings. The number of rotatable bonds is 3. The molecule has 1 aliphatic heterocycles. The molecule has 0 N–H and O–H groups in total. The number of carbonyl (C=O) groups excluding carboxylic acids is 1. The standard InChI is InChI=1S/C19H22F3N5O/c20-19(21,22)16-7-3-6-14(10-16)18-23-25-27(24-18)12-17(28)26-9-8-13-4-1-2-5-15(13)11-26/h3,6-7,10,13,15H,1-2,4-5,8-9,11-12H2/t13-,15+/m1/s1. The van der Waals surface area contributed by atoms with Gasteiger partial charge in [-0.2, -0.15) is 18.0 Å². The van der Waals surface area contributed by atoms with Gasteiger partial charge in [-0.15, -0.1) is 10.2 Å². The van der Waals surface area contributed by atoms with Crippen LogP contribution >= 0.6 is 0 Å². The van der Waals surface area contributed by atoms with Crippen molar-refractivity contribution in [3.05, 3.63) is 29.8 Å². The van der Waals surface area contributed by atoms with Crippen molar-refractivity contribution in [2.24, 2.45) is 11.8 Å². The summed E-state index contributed by atoms with van der Waals surface area (Å²) in [6.07, 6.45) is 1.56. The van der Waals surface area contributed by atoms with Gasteiger partial charge in [0, 0.05) is 18.7 Å². The van der Waals surface area contributed by atoms with E-state index in [9.17, 15) is 18.0 Å². The third-order valence-electron chi connectivity index (χ3n) is 5.82. The molecule has 1 saturated carbocycles. The number of halogens is 3. The molecule has 150 valence electrons. The quantitative estimate of drug-likeness (QED) is 0.802. The van der Waals surface area contributed by atoms with Crippen LogP contribution in [0.1, 0.15) is 37.7 Å². The minimum Gasteiger partial charge on any atom is -0.341 e. The first-order chi connectivity index (χ1) is 13.4. The molecular weight excluding hydrogens is 371 g/mol. The minimum absolute atomic E-state index is 0.0522. The van der Waals surface area contributed by atoms with E-state index in [1.54, 1.807) is 0 Å². The molecule has 28 heavy (non-hydrogen) atoms. The number of benzene rings is 1. The van der Waals surface area contributed by atoms with Gasteiger partial charge in [0.15, 0.2) is 0 Å². The van der Waals surface area contributed by atoms with Crippen LogP contribution in [0.4, 0.5) is 13.2 Å². The fourth-order valence-electron chi connectivity index (χ4n) is 4.31. The molecule has 2 aliphatic rings. The number of nitrogens with zero attached hydrogens (tertiary/aromatic N) is 5. The summed E-state index contributed by atoms with van der Waals surface area (Å²) in [5, 5.41) is 11.8. The molecule has 9 heteroatoms. The van der Waals surface area contributed by atoms with Crippen molar-refractivity contribution in [3.63, 3.8) is 0 Å². The summed E-state index contributed by atoms with van der Waals surface area (Å²) in [5.41, 5.74) is -0.552. The fourth-order valence-corrected chi connectivity index (χ4v) is 4.31. The topological polar surface area (TPSA) is 63.9 Å². The van der Waals surface area contributed by atoms with E-state index in [4.69, 9.17) is 0 Å². The van der Waals surface area contributed by atoms with Crippen molar-refractivity contribution in [2.75, 3.05) is 13.1 Å². The number of amides is 1. The Morgan fingerprint density at radius 1 is 1.14 bits per heavy atom. The second kappa shape index (κ2) is 7.52. The van der Waals surface area contributed by atoms with E-state index in [2.05, 4.69) is 15.4 Å². The third kappa shape index (κ3) is 4.02. The Kier molecular flexibility index (Phi) is 5.07. The Labute approximate surface area is 160 Å². The maximum absolute atomic E-state index is 12.9. The average molecular weight is 393 g/mol. The minimum atomic E-state index is -4.44. The summed E-state index contributed by atoms with van der Waals surface area (Å²) >= 11 is 0. The van der Waals surface area contributed by atoms with Crippen molar-refractivity contribution < 1.29 is 18.0 Å². The zero-order valence-corrected chi connectivity index (χ0v) is 15.4. The molecule has 0 unspecified atom stereocenters. The molecule has 4 rings (SSSR count). The number of hydrogen-bond donors (Lipinski definition) is 0. The van der Waals surface area contributed by atoms with Crippen molar-refractivity contribution in [3.8, 4) is 11.4 Å². The molecule has 0 spiro atoms. The normalized spacial score (nSPS) is 22.8. The van der Waals surface area contributed by atoms with Crippen molar-refractivity contribution >= 4 is 5.91 Å². The highest BCUT2D eigenvalue weighted by Gasteiger charge is 2.33. The SMILES string of the molecule is O=C(Cn1nnc(-c2cccc(C(F)(F)F)c2)n1)N1CC[C@H]2CCCC[C@H]2C1. The zero-order valence-electron chi connectivity index (χ0n) is 15.4. The van der Waals surface area contributed by atoms with E-state index < -0.39 is 11.7 Å². The lowest BCUT2D eigenvalue weighted by Crippen LogP contribution is -2.46. The van der Waals surface area contributed by atoms with Crippen LogP contribution < -0.4 is 0 Å². The van der Waals surface area contributed by atoms with E-state index in [0.717, 1.165) is 42.4 Å². The Bertz CT molecular complexity index is 850. The number of aromatic nitrogens is 4. The van der Waals surface area contributed by atoms with E-state index in [1.807, 2.05) is 4.90 Å². The van der Waals surface area contributed by atoms with Gasteiger partial charge in [0.25, 0.3) is 0 Å². The first-order valence-electron chi connectivity index (χ1n) is 9.63. The van der Waals surface area contributed by atoms with E-state index in [-0.39, 0.29) is 23.8 Å². The van der Waals surface area contributed by atoms with E-state index in [0.29, 0.717) is 5.92 Å². The van der Waals surface area contributed by atoms with Gasteiger partial charge in [-0.3, -0.25) is 4.79 Å². The lowest BCUT2D eigenvalue weighted by atomic mass is 9.75. The lowest BCUT2D eigenvalue weighted by Gasteiger charge is -2.41. The van der Waals surface area contributed by atoms with Crippen LogP contribution in [0, 0.1) is 11.8 Å². The summed E-state index contributed by atoms with van der Waals surface area (Å²) in [6, 6.07) is 4.77. The number of tetrazole rings is 1. The van der Waals surface area contributed by atoms with Crippen LogP contribution in [0.3, 0.4) is 0 Å². The van der Waals surface area contributed by atoms with Gasteiger partial charge in [-0.25, -0.2) is 0 Å². The number of carbonyl (C=O) groups is 1. The summed E-state index contributed by atoms with van der Waals surface area (Å²) in [4.78, 5) is 15.6. The molecule has 6 nitrogen and oxygen atoms in total. The fraction of sp³-hybridized carbons (Fsp3) is 0.579. The van der Waals surface area contributed by atoms with Crippen LogP contribution in [0.5, 0.6) is 0 Å². The number of hydrogen-bond acceptors (Lipinski definition) is 4. The highest BCUT2D eigenvalue weighted by atomic mass is 19.4. The van der Waals surface area contributed by atoms with Crippen molar-refractivity contribution in [2.45, 2.75) is 44.8 Å². The van der Waals surface area contributed by atoms with Crippen molar-refractivity contribution in [1.82, 2.24) is 25.1 Å². The largest absolute Gasteiger partial charge is 0.416 e. The highest BCUT2D eigenvalue weighted by molar-refractivity contribution is 5.76. The van der Waals surface area contributed by atoms with Gasteiger partial charge in [0.2, 0.25) is 11.7 Å². The highest BCUT2D eigenvalue weighted by Crippen LogP contribution is 2.36. The van der Waals surface area contributed by atoms with Crippen LogP contribution in [0.2, 0.25) is 0 Å². The number of fused-ring (bicyclic) bond motifs is 1. The summed E-state index contributed by atoms with van der Waals surface area (Å²) in [6.45, 7) is 1.47. The number of alkyl halides is 3. The van der Waals surface area contributed by atoms with Gasteiger partial charge >= 0.3 is 6.18 Å². The van der Waals surface area contributed by atoms with Crippen LogP contribution in [0.15, 0.2) is 24.3 Å². The number of likely N-dealkylation sites (tertiary alicyclic amines) is 1. The average Bonchev–Trinajstić information content (AvgIpc) is 3.15. The third-order valence-corrected chi connectivity index (χ3v) is 5.82. The molecule has 0 bridgehead atoms. The summed E-state index contributed by atoms with van der Waals surface area (Å²) < 4.78 is 38.6. The zero-order chi connectivity index (χ0) is 19.7. The molecule has 1 aliphatic carbocycles. The predicted octanol–water partition coefficient (Wildman–Crippen LogP) is 3.40. The molecule has 1 saturated heterocycles. The van der Waals surface area contributed by atoms with Gasteiger partial charge in [0.05, 0.1) is 5.56 Å². The number of piperidine rings is 1. The van der Waals surface area contributed by atoms with Crippen LogP contribution in [-0.4, -0.2) is 44.1 Å². The molecule has 0 radical (unpaired) electrons. The van der Waals surface area contributed by atoms with Crippen LogP contribution in [-0.2, 0) is 17.5 Å². The first-order valence-corrected chi connectivity index (χ1v) is 9.63. The monoisotopic (exact) mass is 393 g/mol. The maximum Gasteiger partial charge on any atom is 0.416 e. The molecule has 2 aromatic rings. The molecule has 1 aromatic heterocycles. The summed E-state index contributed by atoms with van der Waals surface area (Å²) in [7, 11) is 0. The molecule has 2 atom stereocenters. The second-order valence-corrected chi connectivity index (χ2v) is 7.66. The summed E-state index contributed by atoms with van der Waals surface area (Å²) in [5.74, 6) is 1.31. The predicted molar refractivity (Wildman–Crippen MR) is 94.9 cm³/mol. The maximum atomic E-state index is 12.9. The Balaban J connectivity index is 1.42. The molecule has 2 heterocycles. The van der Waals surface area contributed by atoms with Gasteiger partial charge < -0.3 is 4.90 Å². The lowest BCUT2D eigenvalue weighted by molar-refractivity contribution is -0.137. The Morgan fingerprint density at radius 3 is 2.71 bits per heavy atom.